The number of hydrogen-bond donors (Lipinski definition) is 2. The van der Waals surface area contributed by atoms with Gasteiger partial charge in [0.1, 0.15) is 23.3 Å². The topological polar surface area (TPSA) is 96.7 Å². The van der Waals surface area contributed by atoms with Gasteiger partial charge in [-0.2, -0.15) is 0 Å². The molecule has 8 nitrogen and oxygen atoms in total. The van der Waals surface area contributed by atoms with E-state index < -0.39 is 10.0 Å². The average molecular weight is 521 g/mol. The maximum Gasteiger partial charge on any atom is 0.229 e. The lowest BCUT2D eigenvalue weighted by Crippen LogP contribution is -2.29. The number of rotatable bonds is 7. The molecule has 2 unspecified atom stereocenters. The van der Waals surface area contributed by atoms with E-state index >= 15 is 0 Å². The van der Waals surface area contributed by atoms with E-state index in [1.54, 1.807) is 18.3 Å². The Bertz CT molecular complexity index is 1490. The Labute approximate surface area is 215 Å². The Hall–Kier alpha value is -3.89. The van der Waals surface area contributed by atoms with Crippen molar-refractivity contribution >= 4 is 38.7 Å². The first-order valence-electron chi connectivity index (χ1n) is 11.2. The van der Waals surface area contributed by atoms with Crippen LogP contribution in [0.15, 0.2) is 89.5 Å². The highest BCUT2D eigenvalue weighted by Gasteiger charge is 2.42. The van der Waals surface area contributed by atoms with Crippen LogP contribution in [0.5, 0.6) is 5.75 Å². The Balaban J connectivity index is 1.61. The number of methoxy groups -OCH3 is 1. The van der Waals surface area contributed by atoms with Crippen LogP contribution in [0, 0.1) is 0 Å². The lowest BCUT2D eigenvalue weighted by molar-refractivity contribution is 0.416. The molecule has 1 aliphatic heterocycles. The number of nitrogens with zero attached hydrogens (tertiary/aromatic N) is 2. The standard InChI is InChI=1S/C26H24N4O4S2/c1-33-22-12-11-18(16-20(22)29-36(2,31)32)30-25(24(28-26(30)35)19-10-6-7-15-27-19)23-14-13-21(34-23)17-8-4-3-5-9-17/h3-16,24-25,29H,1-2H3,(H,28,35). The molecule has 0 amide bonds. The smallest absolute Gasteiger partial charge is 0.229 e. The van der Waals surface area contributed by atoms with Gasteiger partial charge in [0.05, 0.1) is 30.8 Å². The van der Waals surface area contributed by atoms with Crippen molar-refractivity contribution in [2.24, 2.45) is 0 Å². The van der Waals surface area contributed by atoms with Crippen molar-refractivity contribution < 1.29 is 17.6 Å². The van der Waals surface area contributed by atoms with Crippen molar-refractivity contribution in [1.29, 1.82) is 0 Å². The molecule has 2 atom stereocenters. The van der Waals surface area contributed by atoms with Crippen molar-refractivity contribution in [1.82, 2.24) is 10.3 Å². The van der Waals surface area contributed by atoms with Crippen LogP contribution in [0.25, 0.3) is 11.3 Å². The van der Waals surface area contributed by atoms with Crippen LogP contribution in [0.1, 0.15) is 23.5 Å². The normalized spacial score (nSPS) is 17.6. The monoisotopic (exact) mass is 520 g/mol. The van der Waals surface area contributed by atoms with Crippen molar-refractivity contribution in [3.8, 4) is 17.1 Å². The summed E-state index contributed by atoms with van der Waals surface area (Å²) < 4.78 is 38.2. The molecule has 184 valence electrons. The summed E-state index contributed by atoms with van der Waals surface area (Å²) in [5.74, 6) is 1.81. The number of furan rings is 1. The number of sulfonamides is 1. The third kappa shape index (κ3) is 4.77. The molecule has 4 aromatic rings. The number of benzene rings is 2. The lowest BCUT2D eigenvalue weighted by Gasteiger charge is -2.27. The fourth-order valence-corrected chi connectivity index (χ4v) is 5.22. The summed E-state index contributed by atoms with van der Waals surface area (Å²) in [7, 11) is -2.05. The van der Waals surface area contributed by atoms with Gasteiger partial charge in [-0.15, -0.1) is 0 Å². The first-order chi connectivity index (χ1) is 17.3. The van der Waals surface area contributed by atoms with Crippen LogP contribution in [0.4, 0.5) is 11.4 Å². The zero-order valence-corrected chi connectivity index (χ0v) is 21.2. The molecule has 1 aliphatic rings. The summed E-state index contributed by atoms with van der Waals surface area (Å²) >= 11 is 5.77. The van der Waals surface area contributed by atoms with Gasteiger partial charge in [-0.3, -0.25) is 9.71 Å². The number of anilines is 2. The van der Waals surface area contributed by atoms with E-state index in [9.17, 15) is 8.42 Å². The first kappa shape index (κ1) is 23.8. The quantitative estimate of drug-likeness (QED) is 0.332. The third-order valence-corrected chi connectivity index (χ3v) is 6.74. The number of ether oxygens (including phenoxy) is 1. The lowest BCUT2D eigenvalue weighted by atomic mass is 10.0. The van der Waals surface area contributed by atoms with Crippen LogP contribution in [-0.2, 0) is 10.0 Å². The number of nitrogens with one attached hydrogen (secondary N) is 2. The van der Waals surface area contributed by atoms with Gasteiger partial charge >= 0.3 is 0 Å². The fraction of sp³-hybridized carbons (Fsp3) is 0.154. The molecule has 1 fully saturated rings. The second-order valence-electron chi connectivity index (χ2n) is 8.32. The zero-order chi connectivity index (χ0) is 25.3. The van der Waals surface area contributed by atoms with Crippen molar-refractivity contribution in [3.63, 3.8) is 0 Å². The van der Waals surface area contributed by atoms with E-state index in [1.807, 2.05) is 71.6 Å². The summed E-state index contributed by atoms with van der Waals surface area (Å²) in [5, 5.41) is 3.84. The van der Waals surface area contributed by atoms with Gasteiger partial charge in [0.25, 0.3) is 0 Å². The molecular formula is C26H24N4O4S2. The summed E-state index contributed by atoms with van der Waals surface area (Å²) in [6.07, 6.45) is 2.83. The van der Waals surface area contributed by atoms with E-state index in [0.29, 0.717) is 28.0 Å². The number of aromatic nitrogens is 1. The maximum atomic E-state index is 12.0. The van der Waals surface area contributed by atoms with E-state index in [0.717, 1.165) is 23.3 Å². The highest BCUT2D eigenvalue weighted by atomic mass is 32.2. The van der Waals surface area contributed by atoms with Crippen LogP contribution in [0.3, 0.4) is 0 Å². The van der Waals surface area contributed by atoms with Gasteiger partial charge < -0.3 is 19.4 Å². The average Bonchev–Trinajstić information content (AvgIpc) is 3.49. The Kier molecular flexibility index (Phi) is 6.38. The predicted octanol–water partition coefficient (Wildman–Crippen LogP) is 4.90. The minimum absolute atomic E-state index is 0.304. The van der Waals surface area contributed by atoms with Crippen LogP contribution >= 0.6 is 12.2 Å². The molecule has 2 N–H and O–H groups in total. The summed E-state index contributed by atoms with van der Waals surface area (Å²) in [6.45, 7) is 0. The second-order valence-corrected chi connectivity index (χ2v) is 10.5. The van der Waals surface area contributed by atoms with Gasteiger partial charge in [0.2, 0.25) is 10.0 Å². The van der Waals surface area contributed by atoms with Crippen LogP contribution in [-0.4, -0.2) is 31.9 Å². The minimum Gasteiger partial charge on any atom is -0.495 e. The largest absolute Gasteiger partial charge is 0.495 e. The van der Waals surface area contributed by atoms with Gasteiger partial charge in [0, 0.05) is 17.4 Å². The third-order valence-electron chi connectivity index (χ3n) is 5.83. The molecular weight excluding hydrogens is 496 g/mol. The number of thiocarbonyl (C=S) groups is 1. The van der Waals surface area contributed by atoms with Gasteiger partial charge in [-0.1, -0.05) is 36.4 Å². The fourth-order valence-electron chi connectivity index (χ4n) is 4.32. The molecule has 2 aromatic carbocycles. The predicted molar refractivity (Wildman–Crippen MR) is 144 cm³/mol. The molecule has 0 aliphatic carbocycles. The summed E-state index contributed by atoms with van der Waals surface area (Å²) in [6, 6.07) is 24.0. The first-order valence-corrected chi connectivity index (χ1v) is 13.5. The van der Waals surface area contributed by atoms with Gasteiger partial charge in [0.15, 0.2) is 5.11 Å². The molecule has 5 rings (SSSR count). The van der Waals surface area contributed by atoms with Gasteiger partial charge in [-0.05, 0) is 54.7 Å². The van der Waals surface area contributed by atoms with Crippen LogP contribution < -0.4 is 19.7 Å². The summed E-state index contributed by atoms with van der Waals surface area (Å²) in [4.78, 5) is 6.47. The van der Waals surface area contributed by atoms with E-state index in [4.69, 9.17) is 21.4 Å². The molecule has 1 saturated heterocycles. The zero-order valence-electron chi connectivity index (χ0n) is 19.6. The molecule has 10 heteroatoms. The second kappa shape index (κ2) is 9.63. The van der Waals surface area contributed by atoms with E-state index in [-0.39, 0.29) is 12.1 Å². The van der Waals surface area contributed by atoms with Crippen molar-refractivity contribution in [2.45, 2.75) is 12.1 Å². The molecule has 3 heterocycles. The molecule has 0 bridgehead atoms. The molecule has 36 heavy (non-hydrogen) atoms. The Morgan fingerprint density at radius 3 is 2.53 bits per heavy atom. The Morgan fingerprint density at radius 2 is 1.83 bits per heavy atom. The van der Waals surface area contributed by atoms with E-state index in [2.05, 4.69) is 15.0 Å². The highest BCUT2D eigenvalue weighted by Crippen LogP contribution is 2.44. The number of pyridine rings is 1. The summed E-state index contributed by atoms with van der Waals surface area (Å²) in [5.41, 5.74) is 2.74. The van der Waals surface area contributed by atoms with Crippen molar-refractivity contribution in [3.05, 3.63) is 96.5 Å². The SMILES string of the molecule is COc1ccc(N2C(=S)NC(c3ccccn3)C2c2ccc(-c3ccccc3)o2)cc1NS(C)(=O)=O. The van der Waals surface area contributed by atoms with E-state index in [1.165, 1.54) is 7.11 Å². The number of hydrogen-bond acceptors (Lipinski definition) is 6. The maximum absolute atomic E-state index is 12.0. The van der Waals surface area contributed by atoms with Crippen LogP contribution in [0.2, 0.25) is 0 Å². The molecule has 2 aromatic heterocycles. The minimum atomic E-state index is -3.54. The Morgan fingerprint density at radius 1 is 1.06 bits per heavy atom. The molecule has 0 radical (unpaired) electrons. The molecule has 0 saturated carbocycles. The molecule has 0 spiro atoms. The van der Waals surface area contributed by atoms with Crippen molar-refractivity contribution in [2.75, 3.05) is 23.0 Å². The highest BCUT2D eigenvalue weighted by molar-refractivity contribution is 7.92. The van der Waals surface area contributed by atoms with Gasteiger partial charge in [-0.25, -0.2) is 8.42 Å².